The molecule has 0 saturated heterocycles. The standard InChI is InChI=1S/C17H27N/c1-12(2)15-6-5-7-16(11-15)18-17-9-13(3)8-14(4)10-17/h5-7,11-14,17-18H,8-10H2,1-4H3. The van der Waals surface area contributed by atoms with Crippen molar-refractivity contribution in [3.63, 3.8) is 0 Å². The number of benzene rings is 1. The zero-order valence-corrected chi connectivity index (χ0v) is 12.2. The second-order valence-electron chi connectivity index (χ2n) is 6.54. The number of hydrogen-bond donors (Lipinski definition) is 1. The van der Waals surface area contributed by atoms with Crippen molar-refractivity contribution in [3.8, 4) is 0 Å². The summed E-state index contributed by atoms with van der Waals surface area (Å²) in [6.07, 6.45) is 4.02. The van der Waals surface area contributed by atoms with Gasteiger partial charge < -0.3 is 5.32 Å². The van der Waals surface area contributed by atoms with Gasteiger partial charge in [-0.3, -0.25) is 0 Å². The highest BCUT2D eigenvalue weighted by Gasteiger charge is 2.23. The number of rotatable bonds is 3. The summed E-state index contributed by atoms with van der Waals surface area (Å²) >= 11 is 0. The minimum absolute atomic E-state index is 0.607. The molecule has 2 rings (SSSR count). The van der Waals surface area contributed by atoms with Crippen molar-refractivity contribution in [2.75, 3.05) is 5.32 Å². The van der Waals surface area contributed by atoms with Crippen molar-refractivity contribution in [1.29, 1.82) is 0 Å². The third kappa shape index (κ3) is 3.51. The molecule has 100 valence electrons. The highest BCUT2D eigenvalue weighted by molar-refractivity contribution is 5.47. The van der Waals surface area contributed by atoms with E-state index >= 15 is 0 Å². The molecule has 2 atom stereocenters. The normalized spacial score (nSPS) is 28.4. The Morgan fingerprint density at radius 2 is 1.72 bits per heavy atom. The molecular formula is C17H27N. The van der Waals surface area contributed by atoms with Crippen LogP contribution in [0.5, 0.6) is 0 Å². The van der Waals surface area contributed by atoms with Crippen LogP contribution in [0.15, 0.2) is 24.3 Å². The molecule has 0 bridgehead atoms. The second kappa shape index (κ2) is 5.77. The van der Waals surface area contributed by atoms with E-state index in [4.69, 9.17) is 0 Å². The van der Waals surface area contributed by atoms with Crippen LogP contribution in [-0.2, 0) is 0 Å². The summed E-state index contributed by atoms with van der Waals surface area (Å²) < 4.78 is 0. The molecule has 1 N–H and O–H groups in total. The Labute approximate surface area is 112 Å². The summed E-state index contributed by atoms with van der Waals surface area (Å²) in [6, 6.07) is 9.57. The van der Waals surface area contributed by atoms with Gasteiger partial charge in [0.05, 0.1) is 0 Å². The summed E-state index contributed by atoms with van der Waals surface area (Å²) in [6.45, 7) is 9.28. The van der Waals surface area contributed by atoms with Crippen LogP contribution >= 0.6 is 0 Å². The van der Waals surface area contributed by atoms with Crippen LogP contribution in [0.25, 0.3) is 0 Å². The lowest BCUT2D eigenvalue weighted by Gasteiger charge is -2.32. The minimum atomic E-state index is 0.607. The fourth-order valence-corrected chi connectivity index (χ4v) is 3.29. The molecule has 1 aromatic carbocycles. The van der Waals surface area contributed by atoms with Gasteiger partial charge in [0, 0.05) is 11.7 Å². The summed E-state index contributed by atoms with van der Waals surface area (Å²) in [5.74, 6) is 2.33. The lowest BCUT2D eigenvalue weighted by Crippen LogP contribution is -2.30. The van der Waals surface area contributed by atoms with E-state index in [2.05, 4.69) is 57.3 Å². The van der Waals surface area contributed by atoms with Gasteiger partial charge in [0.25, 0.3) is 0 Å². The first kappa shape index (κ1) is 13.5. The maximum absolute atomic E-state index is 3.74. The van der Waals surface area contributed by atoms with Gasteiger partial charge in [-0.15, -0.1) is 0 Å². The molecule has 1 aliphatic rings. The van der Waals surface area contributed by atoms with Crippen molar-refractivity contribution >= 4 is 5.69 Å². The molecule has 1 heteroatoms. The molecule has 0 aliphatic heterocycles. The monoisotopic (exact) mass is 245 g/mol. The molecule has 0 spiro atoms. The Balaban J connectivity index is 2.02. The van der Waals surface area contributed by atoms with Crippen LogP contribution < -0.4 is 5.32 Å². The average molecular weight is 245 g/mol. The SMILES string of the molecule is CC1CC(C)CC(Nc2cccc(C(C)C)c2)C1. The van der Waals surface area contributed by atoms with E-state index in [-0.39, 0.29) is 0 Å². The summed E-state index contributed by atoms with van der Waals surface area (Å²) in [5.41, 5.74) is 2.73. The lowest BCUT2D eigenvalue weighted by atomic mass is 9.80. The van der Waals surface area contributed by atoms with Crippen LogP contribution in [-0.4, -0.2) is 6.04 Å². The van der Waals surface area contributed by atoms with Crippen molar-refractivity contribution in [2.24, 2.45) is 11.8 Å². The van der Waals surface area contributed by atoms with Crippen LogP contribution in [0, 0.1) is 11.8 Å². The van der Waals surface area contributed by atoms with Crippen molar-refractivity contribution in [2.45, 2.75) is 58.9 Å². The van der Waals surface area contributed by atoms with E-state index in [9.17, 15) is 0 Å². The molecule has 1 saturated carbocycles. The first-order valence-electron chi connectivity index (χ1n) is 7.41. The molecule has 0 radical (unpaired) electrons. The van der Waals surface area contributed by atoms with Gasteiger partial charge in [-0.1, -0.05) is 39.8 Å². The van der Waals surface area contributed by atoms with Crippen LogP contribution in [0.4, 0.5) is 5.69 Å². The fraction of sp³-hybridized carbons (Fsp3) is 0.647. The topological polar surface area (TPSA) is 12.0 Å². The molecular weight excluding hydrogens is 218 g/mol. The molecule has 1 aliphatic carbocycles. The van der Waals surface area contributed by atoms with Gasteiger partial charge >= 0.3 is 0 Å². The molecule has 0 heterocycles. The Morgan fingerprint density at radius 3 is 2.33 bits per heavy atom. The predicted molar refractivity (Wildman–Crippen MR) is 80.1 cm³/mol. The summed E-state index contributed by atoms with van der Waals surface area (Å²) in [5, 5.41) is 3.74. The molecule has 1 nitrogen and oxygen atoms in total. The number of anilines is 1. The molecule has 1 aromatic rings. The quantitative estimate of drug-likeness (QED) is 0.786. The van der Waals surface area contributed by atoms with Gasteiger partial charge in [0.1, 0.15) is 0 Å². The largest absolute Gasteiger partial charge is 0.382 e. The van der Waals surface area contributed by atoms with E-state index in [1.165, 1.54) is 30.5 Å². The third-order valence-electron chi connectivity index (χ3n) is 4.10. The summed E-state index contributed by atoms with van der Waals surface area (Å²) in [7, 11) is 0. The summed E-state index contributed by atoms with van der Waals surface area (Å²) in [4.78, 5) is 0. The Morgan fingerprint density at radius 1 is 1.06 bits per heavy atom. The maximum atomic E-state index is 3.74. The van der Waals surface area contributed by atoms with Gasteiger partial charge in [-0.2, -0.15) is 0 Å². The Kier molecular flexibility index (Phi) is 4.31. The Bertz CT molecular complexity index is 373. The fourth-order valence-electron chi connectivity index (χ4n) is 3.29. The van der Waals surface area contributed by atoms with Crippen molar-refractivity contribution in [3.05, 3.63) is 29.8 Å². The second-order valence-corrected chi connectivity index (χ2v) is 6.54. The lowest BCUT2D eigenvalue weighted by molar-refractivity contribution is 0.281. The smallest absolute Gasteiger partial charge is 0.0345 e. The van der Waals surface area contributed by atoms with E-state index in [0.717, 1.165) is 11.8 Å². The molecule has 2 unspecified atom stereocenters. The van der Waals surface area contributed by atoms with Gasteiger partial charge in [-0.25, -0.2) is 0 Å². The van der Waals surface area contributed by atoms with E-state index in [0.29, 0.717) is 12.0 Å². The molecule has 18 heavy (non-hydrogen) atoms. The maximum Gasteiger partial charge on any atom is 0.0345 e. The van der Waals surface area contributed by atoms with E-state index in [1.54, 1.807) is 0 Å². The number of hydrogen-bond acceptors (Lipinski definition) is 1. The van der Waals surface area contributed by atoms with Crippen LogP contribution in [0.2, 0.25) is 0 Å². The zero-order valence-electron chi connectivity index (χ0n) is 12.2. The highest BCUT2D eigenvalue weighted by Crippen LogP contribution is 2.30. The number of nitrogens with one attached hydrogen (secondary N) is 1. The van der Waals surface area contributed by atoms with Gasteiger partial charge in [0.2, 0.25) is 0 Å². The van der Waals surface area contributed by atoms with Crippen molar-refractivity contribution in [1.82, 2.24) is 0 Å². The average Bonchev–Trinajstić information content (AvgIpc) is 2.27. The zero-order chi connectivity index (χ0) is 13.1. The van der Waals surface area contributed by atoms with E-state index < -0.39 is 0 Å². The first-order valence-corrected chi connectivity index (χ1v) is 7.41. The van der Waals surface area contributed by atoms with Gasteiger partial charge in [-0.05, 0) is 54.7 Å². The molecule has 0 amide bonds. The van der Waals surface area contributed by atoms with Gasteiger partial charge in [0.15, 0.2) is 0 Å². The molecule has 1 fully saturated rings. The predicted octanol–water partition coefficient (Wildman–Crippen LogP) is 5.05. The molecule has 0 aromatic heterocycles. The minimum Gasteiger partial charge on any atom is -0.382 e. The van der Waals surface area contributed by atoms with Crippen LogP contribution in [0.3, 0.4) is 0 Å². The van der Waals surface area contributed by atoms with Crippen LogP contribution in [0.1, 0.15) is 58.4 Å². The first-order chi connectivity index (χ1) is 8.54. The highest BCUT2D eigenvalue weighted by atomic mass is 14.9. The Hall–Kier alpha value is -0.980. The third-order valence-corrected chi connectivity index (χ3v) is 4.10. The van der Waals surface area contributed by atoms with E-state index in [1.807, 2.05) is 0 Å². The van der Waals surface area contributed by atoms with Crippen molar-refractivity contribution < 1.29 is 0 Å².